The molecule has 0 N–H and O–H groups in total. The van der Waals surface area contributed by atoms with Crippen molar-refractivity contribution >= 4 is 0 Å². The molecule has 2 aromatic carbocycles. The van der Waals surface area contributed by atoms with Crippen molar-refractivity contribution in [2.45, 2.75) is 33.6 Å². The van der Waals surface area contributed by atoms with Gasteiger partial charge in [-0.25, -0.2) is 0 Å². The van der Waals surface area contributed by atoms with Crippen molar-refractivity contribution in [3.63, 3.8) is 0 Å². The zero-order valence-corrected chi connectivity index (χ0v) is 14.7. The molecule has 3 rings (SSSR count). The van der Waals surface area contributed by atoms with Crippen molar-refractivity contribution in [2.24, 2.45) is 0 Å². The van der Waals surface area contributed by atoms with Gasteiger partial charge in [0, 0.05) is 17.5 Å². The van der Waals surface area contributed by atoms with Crippen LogP contribution in [0.1, 0.15) is 43.4 Å². The van der Waals surface area contributed by atoms with E-state index in [0.29, 0.717) is 13.2 Å². The molecule has 1 aliphatic heterocycles. The highest BCUT2D eigenvalue weighted by atomic mass is 16.7. The zero-order valence-electron chi connectivity index (χ0n) is 14.7. The lowest BCUT2D eigenvalue weighted by atomic mass is 9.89. The van der Waals surface area contributed by atoms with Gasteiger partial charge in [-0.3, -0.25) is 0 Å². The summed E-state index contributed by atoms with van der Waals surface area (Å²) in [6.07, 6.45) is 0. The molecule has 0 aliphatic carbocycles. The zero-order chi connectivity index (χ0) is 17.1. The van der Waals surface area contributed by atoms with Crippen LogP contribution in [0.4, 0.5) is 0 Å². The fraction of sp³-hybridized carbons (Fsp3) is 0.400. The molecule has 24 heavy (non-hydrogen) atoms. The van der Waals surface area contributed by atoms with E-state index in [2.05, 4.69) is 26.0 Å². The molecule has 4 heteroatoms. The second-order valence-corrected chi connectivity index (χ2v) is 5.85. The van der Waals surface area contributed by atoms with Gasteiger partial charge in [0.05, 0.1) is 13.2 Å². The van der Waals surface area contributed by atoms with Gasteiger partial charge >= 0.3 is 0 Å². The van der Waals surface area contributed by atoms with Gasteiger partial charge in [0.15, 0.2) is 11.5 Å². The molecule has 0 saturated heterocycles. The fourth-order valence-electron chi connectivity index (χ4n) is 3.12. The van der Waals surface area contributed by atoms with Crippen molar-refractivity contribution in [3.8, 4) is 23.0 Å². The van der Waals surface area contributed by atoms with Crippen molar-refractivity contribution in [1.29, 1.82) is 0 Å². The SMILES string of the molecule is CCOc1ccc([C@H](C)c2cc3c(cc2OCC)OCO3)c(C)c1. The predicted molar refractivity (Wildman–Crippen MR) is 93.6 cm³/mol. The second kappa shape index (κ2) is 7.04. The first-order valence-electron chi connectivity index (χ1n) is 8.43. The molecule has 1 aliphatic rings. The van der Waals surface area contributed by atoms with Crippen LogP contribution in [0.5, 0.6) is 23.0 Å². The molecule has 1 heterocycles. The maximum Gasteiger partial charge on any atom is 0.231 e. The molecule has 0 unspecified atom stereocenters. The maximum absolute atomic E-state index is 5.85. The van der Waals surface area contributed by atoms with Crippen LogP contribution in [0.25, 0.3) is 0 Å². The highest BCUT2D eigenvalue weighted by molar-refractivity contribution is 5.55. The molecule has 0 fully saturated rings. The van der Waals surface area contributed by atoms with E-state index in [-0.39, 0.29) is 12.7 Å². The van der Waals surface area contributed by atoms with Gasteiger partial charge in [-0.2, -0.15) is 0 Å². The summed E-state index contributed by atoms with van der Waals surface area (Å²) in [7, 11) is 0. The molecule has 1 atom stereocenters. The number of hydrogen-bond acceptors (Lipinski definition) is 4. The van der Waals surface area contributed by atoms with Crippen LogP contribution >= 0.6 is 0 Å². The maximum atomic E-state index is 5.85. The monoisotopic (exact) mass is 328 g/mol. The molecular formula is C20H24O4. The molecule has 0 saturated carbocycles. The minimum atomic E-state index is 0.178. The second-order valence-electron chi connectivity index (χ2n) is 5.85. The van der Waals surface area contributed by atoms with Crippen molar-refractivity contribution in [3.05, 3.63) is 47.0 Å². The van der Waals surface area contributed by atoms with Crippen LogP contribution in [-0.2, 0) is 0 Å². The van der Waals surface area contributed by atoms with Gasteiger partial charge in [0.25, 0.3) is 0 Å². The Morgan fingerprint density at radius 3 is 2.33 bits per heavy atom. The van der Waals surface area contributed by atoms with Crippen molar-refractivity contribution < 1.29 is 18.9 Å². The topological polar surface area (TPSA) is 36.9 Å². The number of hydrogen-bond donors (Lipinski definition) is 0. The predicted octanol–water partition coefficient (Wildman–Crippen LogP) is 4.67. The van der Waals surface area contributed by atoms with E-state index < -0.39 is 0 Å². The first-order chi connectivity index (χ1) is 11.6. The van der Waals surface area contributed by atoms with Crippen LogP contribution in [0.3, 0.4) is 0 Å². The lowest BCUT2D eigenvalue weighted by molar-refractivity contribution is 0.173. The Morgan fingerprint density at radius 2 is 1.67 bits per heavy atom. The third kappa shape index (κ3) is 3.14. The first-order valence-corrected chi connectivity index (χ1v) is 8.43. The summed E-state index contributed by atoms with van der Waals surface area (Å²) < 4.78 is 22.5. The number of benzene rings is 2. The molecule has 2 aromatic rings. The highest BCUT2D eigenvalue weighted by Crippen LogP contribution is 2.43. The highest BCUT2D eigenvalue weighted by Gasteiger charge is 2.22. The van der Waals surface area contributed by atoms with E-state index in [1.54, 1.807) is 0 Å². The quantitative estimate of drug-likeness (QED) is 0.772. The van der Waals surface area contributed by atoms with Gasteiger partial charge in [0.1, 0.15) is 11.5 Å². The standard InChI is InChI=1S/C20H24O4/c1-5-21-15-7-8-16(13(3)9-15)14(4)17-10-19-20(24-12-23-19)11-18(17)22-6-2/h7-11,14H,5-6,12H2,1-4H3/t14-/m0/s1. The molecule has 0 spiro atoms. The Labute approximate surface area is 143 Å². The fourth-order valence-corrected chi connectivity index (χ4v) is 3.12. The van der Waals surface area contributed by atoms with Crippen LogP contribution < -0.4 is 18.9 Å². The Hall–Kier alpha value is -2.36. The molecule has 0 radical (unpaired) electrons. The Morgan fingerprint density at radius 1 is 0.958 bits per heavy atom. The molecule has 128 valence electrons. The van der Waals surface area contributed by atoms with Gasteiger partial charge in [0.2, 0.25) is 6.79 Å². The van der Waals surface area contributed by atoms with Gasteiger partial charge in [-0.15, -0.1) is 0 Å². The Bertz CT molecular complexity index is 724. The van der Waals surface area contributed by atoms with Crippen molar-refractivity contribution in [2.75, 3.05) is 20.0 Å². The van der Waals surface area contributed by atoms with Crippen LogP contribution in [0, 0.1) is 6.92 Å². The number of fused-ring (bicyclic) bond motifs is 1. The largest absolute Gasteiger partial charge is 0.494 e. The Balaban J connectivity index is 1.98. The lowest BCUT2D eigenvalue weighted by Gasteiger charge is -2.20. The van der Waals surface area contributed by atoms with E-state index in [1.165, 1.54) is 11.1 Å². The third-order valence-corrected chi connectivity index (χ3v) is 4.29. The minimum Gasteiger partial charge on any atom is -0.494 e. The van der Waals surface area contributed by atoms with Crippen LogP contribution in [0.2, 0.25) is 0 Å². The molecule has 0 aromatic heterocycles. The summed E-state index contributed by atoms with van der Waals surface area (Å²) in [6.45, 7) is 9.83. The van der Waals surface area contributed by atoms with E-state index in [9.17, 15) is 0 Å². The number of aryl methyl sites for hydroxylation is 1. The number of rotatable bonds is 6. The normalized spacial score (nSPS) is 13.7. The van der Waals surface area contributed by atoms with E-state index in [4.69, 9.17) is 18.9 Å². The summed E-state index contributed by atoms with van der Waals surface area (Å²) >= 11 is 0. The number of ether oxygens (including phenoxy) is 4. The van der Waals surface area contributed by atoms with Crippen LogP contribution in [-0.4, -0.2) is 20.0 Å². The third-order valence-electron chi connectivity index (χ3n) is 4.29. The molecule has 0 bridgehead atoms. The van der Waals surface area contributed by atoms with E-state index >= 15 is 0 Å². The van der Waals surface area contributed by atoms with E-state index in [1.807, 2.05) is 32.0 Å². The van der Waals surface area contributed by atoms with Crippen molar-refractivity contribution in [1.82, 2.24) is 0 Å². The lowest BCUT2D eigenvalue weighted by Crippen LogP contribution is -2.04. The molecule has 4 nitrogen and oxygen atoms in total. The Kier molecular flexibility index (Phi) is 4.84. The van der Waals surface area contributed by atoms with Gasteiger partial charge in [-0.05, 0) is 50.1 Å². The first kappa shape index (κ1) is 16.5. The smallest absolute Gasteiger partial charge is 0.231 e. The summed E-state index contributed by atoms with van der Waals surface area (Å²) in [5, 5.41) is 0. The van der Waals surface area contributed by atoms with E-state index in [0.717, 1.165) is 28.6 Å². The summed E-state index contributed by atoms with van der Waals surface area (Å²) in [6, 6.07) is 10.2. The summed E-state index contributed by atoms with van der Waals surface area (Å²) in [5.74, 6) is 3.46. The summed E-state index contributed by atoms with van der Waals surface area (Å²) in [5.41, 5.74) is 3.56. The average Bonchev–Trinajstić information content (AvgIpc) is 3.01. The van der Waals surface area contributed by atoms with Gasteiger partial charge in [-0.1, -0.05) is 13.0 Å². The molecule has 0 amide bonds. The minimum absolute atomic E-state index is 0.178. The summed E-state index contributed by atoms with van der Waals surface area (Å²) in [4.78, 5) is 0. The molecular weight excluding hydrogens is 304 g/mol. The average molecular weight is 328 g/mol. The van der Waals surface area contributed by atoms with Gasteiger partial charge < -0.3 is 18.9 Å². The van der Waals surface area contributed by atoms with Crippen LogP contribution in [0.15, 0.2) is 30.3 Å².